The normalized spacial score (nSPS) is 11.2. The van der Waals surface area contributed by atoms with E-state index in [1.165, 1.54) is 11.1 Å². The lowest BCUT2D eigenvalue weighted by Gasteiger charge is -2.13. The van der Waals surface area contributed by atoms with Crippen LogP contribution in [0.4, 0.5) is 0 Å². The minimum Gasteiger partial charge on any atom is -0.357 e. The van der Waals surface area contributed by atoms with Crippen molar-refractivity contribution in [2.24, 2.45) is 10.9 Å². The van der Waals surface area contributed by atoms with Crippen molar-refractivity contribution in [2.45, 2.75) is 33.9 Å². The van der Waals surface area contributed by atoms with Crippen molar-refractivity contribution in [3.05, 3.63) is 54.1 Å². The van der Waals surface area contributed by atoms with Gasteiger partial charge in [0.05, 0.1) is 12.9 Å². The largest absolute Gasteiger partial charge is 0.357 e. The molecule has 0 spiro atoms. The quantitative estimate of drug-likeness (QED) is 0.394. The standard InChI is InChI=1S/C18H27N5.HI/c1-4-20-18(21-11-15(2)3)22-12-16-5-7-17(8-6-16)13-23-10-9-19-14-23;/h5-10,14-15H,4,11-13H2,1-3H3,(H2,20,21,22);1H. The van der Waals surface area contributed by atoms with E-state index in [9.17, 15) is 0 Å². The van der Waals surface area contributed by atoms with E-state index < -0.39 is 0 Å². The molecule has 0 fully saturated rings. The molecular weight excluding hydrogens is 413 g/mol. The summed E-state index contributed by atoms with van der Waals surface area (Å²) >= 11 is 0. The minimum absolute atomic E-state index is 0. The molecule has 0 saturated carbocycles. The molecule has 0 bridgehead atoms. The highest BCUT2D eigenvalue weighted by Gasteiger charge is 2.00. The summed E-state index contributed by atoms with van der Waals surface area (Å²) in [5, 5.41) is 6.64. The Labute approximate surface area is 162 Å². The van der Waals surface area contributed by atoms with Gasteiger partial charge >= 0.3 is 0 Å². The molecule has 132 valence electrons. The van der Waals surface area contributed by atoms with Crippen molar-refractivity contribution in [1.82, 2.24) is 20.2 Å². The lowest BCUT2D eigenvalue weighted by atomic mass is 10.1. The van der Waals surface area contributed by atoms with Crippen molar-refractivity contribution in [2.75, 3.05) is 13.1 Å². The molecule has 2 rings (SSSR count). The summed E-state index contributed by atoms with van der Waals surface area (Å²) in [6.07, 6.45) is 5.61. The van der Waals surface area contributed by atoms with Crippen LogP contribution in [-0.4, -0.2) is 28.6 Å². The van der Waals surface area contributed by atoms with Crippen LogP contribution in [0.2, 0.25) is 0 Å². The zero-order chi connectivity index (χ0) is 16.5. The molecule has 1 heterocycles. The molecule has 24 heavy (non-hydrogen) atoms. The van der Waals surface area contributed by atoms with E-state index in [2.05, 4.69) is 70.2 Å². The molecule has 0 amide bonds. The fourth-order valence-corrected chi connectivity index (χ4v) is 2.15. The van der Waals surface area contributed by atoms with Gasteiger partial charge in [-0.2, -0.15) is 0 Å². The van der Waals surface area contributed by atoms with Crippen molar-refractivity contribution >= 4 is 29.9 Å². The molecule has 1 aromatic heterocycles. The third kappa shape index (κ3) is 7.33. The summed E-state index contributed by atoms with van der Waals surface area (Å²) < 4.78 is 2.06. The first kappa shape index (κ1) is 20.5. The van der Waals surface area contributed by atoms with Gasteiger partial charge in [0.15, 0.2) is 5.96 Å². The predicted molar refractivity (Wildman–Crippen MR) is 111 cm³/mol. The number of nitrogens with zero attached hydrogens (tertiary/aromatic N) is 3. The van der Waals surface area contributed by atoms with Crippen molar-refractivity contribution in [3.8, 4) is 0 Å². The summed E-state index contributed by atoms with van der Waals surface area (Å²) in [4.78, 5) is 8.70. The summed E-state index contributed by atoms with van der Waals surface area (Å²) in [6, 6.07) is 8.59. The molecule has 2 N–H and O–H groups in total. The number of benzene rings is 1. The molecule has 0 saturated heterocycles. The van der Waals surface area contributed by atoms with Crippen LogP contribution >= 0.6 is 24.0 Å². The van der Waals surface area contributed by atoms with E-state index in [-0.39, 0.29) is 24.0 Å². The molecular formula is C18H28IN5. The zero-order valence-corrected chi connectivity index (χ0v) is 17.0. The Morgan fingerprint density at radius 2 is 1.88 bits per heavy atom. The highest BCUT2D eigenvalue weighted by atomic mass is 127. The first-order valence-corrected chi connectivity index (χ1v) is 8.23. The number of aromatic nitrogens is 2. The van der Waals surface area contributed by atoms with Gasteiger partial charge in [-0.3, -0.25) is 0 Å². The minimum atomic E-state index is 0. The van der Waals surface area contributed by atoms with Crippen LogP contribution in [0.15, 0.2) is 48.0 Å². The molecule has 1 aromatic carbocycles. The lowest BCUT2D eigenvalue weighted by molar-refractivity contribution is 0.615. The van der Waals surface area contributed by atoms with Crippen LogP contribution in [0, 0.1) is 5.92 Å². The highest BCUT2D eigenvalue weighted by molar-refractivity contribution is 14.0. The maximum atomic E-state index is 4.64. The second-order valence-corrected chi connectivity index (χ2v) is 6.02. The number of imidazole rings is 1. The van der Waals surface area contributed by atoms with Gasteiger partial charge in [-0.15, -0.1) is 24.0 Å². The van der Waals surface area contributed by atoms with Gasteiger partial charge in [0.1, 0.15) is 0 Å². The van der Waals surface area contributed by atoms with E-state index in [1.54, 1.807) is 6.20 Å². The van der Waals surface area contributed by atoms with Crippen LogP contribution in [-0.2, 0) is 13.1 Å². The van der Waals surface area contributed by atoms with Crippen LogP contribution in [0.3, 0.4) is 0 Å². The maximum Gasteiger partial charge on any atom is 0.191 e. The number of hydrogen-bond acceptors (Lipinski definition) is 2. The van der Waals surface area contributed by atoms with Gasteiger partial charge in [-0.25, -0.2) is 9.98 Å². The zero-order valence-electron chi connectivity index (χ0n) is 14.7. The fraction of sp³-hybridized carbons (Fsp3) is 0.444. The highest BCUT2D eigenvalue weighted by Crippen LogP contribution is 2.07. The topological polar surface area (TPSA) is 54.2 Å². The smallest absolute Gasteiger partial charge is 0.191 e. The number of hydrogen-bond donors (Lipinski definition) is 2. The average molecular weight is 441 g/mol. The molecule has 0 aliphatic rings. The van der Waals surface area contributed by atoms with Gasteiger partial charge in [0.2, 0.25) is 0 Å². The van der Waals surface area contributed by atoms with E-state index in [0.717, 1.165) is 25.6 Å². The summed E-state index contributed by atoms with van der Waals surface area (Å²) in [7, 11) is 0. The number of aliphatic imine (C=N–C) groups is 1. The summed E-state index contributed by atoms with van der Waals surface area (Å²) in [5.41, 5.74) is 2.47. The second kappa shape index (κ2) is 11.1. The van der Waals surface area contributed by atoms with E-state index >= 15 is 0 Å². The van der Waals surface area contributed by atoms with Gasteiger partial charge in [-0.05, 0) is 24.0 Å². The molecule has 0 aliphatic heterocycles. The van der Waals surface area contributed by atoms with Crippen molar-refractivity contribution in [3.63, 3.8) is 0 Å². The Bertz CT molecular complexity index is 590. The Morgan fingerprint density at radius 1 is 1.17 bits per heavy atom. The summed E-state index contributed by atoms with van der Waals surface area (Å²) in [5.74, 6) is 1.48. The predicted octanol–water partition coefficient (Wildman–Crippen LogP) is 3.26. The summed E-state index contributed by atoms with van der Waals surface area (Å²) in [6.45, 7) is 9.78. The lowest BCUT2D eigenvalue weighted by Crippen LogP contribution is -2.39. The van der Waals surface area contributed by atoms with E-state index in [0.29, 0.717) is 12.5 Å². The number of guanidine groups is 1. The SMILES string of the molecule is CCNC(=NCc1ccc(Cn2ccnc2)cc1)NCC(C)C.I. The van der Waals surface area contributed by atoms with Crippen LogP contribution in [0.5, 0.6) is 0 Å². The molecule has 0 unspecified atom stereocenters. The van der Waals surface area contributed by atoms with Gasteiger partial charge in [0.25, 0.3) is 0 Å². The number of halogens is 1. The molecule has 0 radical (unpaired) electrons. The Hall–Kier alpha value is -1.57. The van der Waals surface area contributed by atoms with E-state index in [4.69, 9.17) is 0 Å². The number of rotatable bonds is 7. The molecule has 5 nitrogen and oxygen atoms in total. The monoisotopic (exact) mass is 441 g/mol. The van der Waals surface area contributed by atoms with Crippen molar-refractivity contribution < 1.29 is 0 Å². The maximum absolute atomic E-state index is 4.64. The van der Waals surface area contributed by atoms with Gasteiger partial charge < -0.3 is 15.2 Å². The van der Waals surface area contributed by atoms with E-state index in [1.807, 2.05) is 12.5 Å². The van der Waals surface area contributed by atoms with Crippen LogP contribution in [0.1, 0.15) is 31.9 Å². The van der Waals surface area contributed by atoms with Crippen LogP contribution < -0.4 is 10.6 Å². The first-order chi connectivity index (χ1) is 11.2. The third-order valence-electron chi connectivity index (χ3n) is 3.39. The Balaban J connectivity index is 0.00000288. The molecule has 0 aliphatic carbocycles. The first-order valence-electron chi connectivity index (χ1n) is 8.23. The van der Waals surface area contributed by atoms with Crippen molar-refractivity contribution in [1.29, 1.82) is 0 Å². The Kier molecular flexibility index (Phi) is 9.44. The number of nitrogens with one attached hydrogen (secondary N) is 2. The molecule has 2 aromatic rings. The van der Waals surface area contributed by atoms with Gasteiger partial charge in [-0.1, -0.05) is 38.1 Å². The van der Waals surface area contributed by atoms with Crippen LogP contribution in [0.25, 0.3) is 0 Å². The Morgan fingerprint density at radius 3 is 2.46 bits per heavy atom. The molecule has 6 heteroatoms. The third-order valence-corrected chi connectivity index (χ3v) is 3.39. The molecule has 0 atom stereocenters. The van der Waals surface area contributed by atoms with Gasteiger partial charge in [0, 0.05) is 32.0 Å². The fourth-order valence-electron chi connectivity index (χ4n) is 2.15. The second-order valence-electron chi connectivity index (χ2n) is 6.02. The average Bonchev–Trinajstić information content (AvgIpc) is 3.04.